The summed E-state index contributed by atoms with van der Waals surface area (Å²) in [5.41, 5.74) is 10.6. The summed E-state index contributed by atoms with van der Waals surface area (Å²) in [5.74, 6) is 0.595. The Morgan fingerprint density at radius 3 is 1.32 bits per heavy atom. The van der Waals surface area contributed by atoms with E-state index < -0.39 is 17.1 Å². The zero-order valence-electron chi connectivity index (χ0n) is 23.4. The van der Waals surface area contributed by atoms with Gasteiger partial charge in [0.25, 0.3) is 0 Å². The van der Waals surface area contributed by atoms with Crippen LogP contribution in [0.2, 0.25) is 0 Å². The SMILES string of the molecule is NC(=O)COCCC(OC(C(N)=O)(C1CCCCC1)C1CCCCC1)(C1CCCCC1)C1CCCCC1. The zero-order chi connectivity index (χ0) is 26.1. The third-order valence-corrected chi connectivity index (χ3v) is 10.6. The highest BCUT2D eigenvalue weighted by molar-refractivity contribution is 5.84. The molecule has 4 rings (SSSR count). The molecule has 4 fully saturated rings. The monoisotopic (exact) mass is 518 g/mol. The Morgan fingerprint density at radius 2 is 0.973 bits per heavy atom. The van der Waals surface area contributed by atoms with Crippen LogP contribution in [0, 0.1) is 23.7 Å². The number of carbonyl (C=O) groups is 2. The van der Waals surface area contributed by atoms with Crippen molar-refractivity contribution in [1.29, 1.82) is 0 Å². The van der Waals surface area contributed by atoms with Gasteiger partial charge in [-0.1, -0.05) is 77.0 Å². The number of ether oxygens (including phenoxy) is 2. The van der Waals surface area contributed by atoms with Gasteiger partial charge in [-0.25, -0.2) is 0 Å². The quantitative estimate of drug-likeness (QED) is 0.301. The number of carbonyl (C=O) groups excluding carboxylic acids is 2. The third-order valence-electron chi connectivity index (χ3n) is 10.6. The standard InChI is InChI=1S/C31H54N2O4/c32-28(34)23-36-22-21-30(24-13-5-1-6-14-24,25-15-7-2-8-16-25)37-31(29(33)35,26-17-9-3-10-18-26)27-19-11-4-12-20-27/h24-27H,1-23H2,(H2,32,34)(H2,33,35). The minimum Gasteiger partial charge on any atom is -0.372 e. The first kappa shape index (κ1) is 28.9. The Balaban J connectivity index is 1.76. The fraction of sp³-hybridized carbons (Fsp3) is 0.935. The molecule has 6 heteroatoms. The smallest absolute Gasteiger partial charge is 0.250 e. The summed E-state index contributed by atoms with van der Waals surface area (Å²) in [5, 5.41) is 0. The lowest BCUT2D eigenvalue weighted by molar-refractivity contribution is -0.257. The van der Waals surface area contributed by atoms with Crippen molar-refractivity contribution in [2.45, 2.75) is 146 Å². The van der Waals surface area contributed by atoms with Gasteiger partial charge in [-0.15, -0.1) is 0 Å². The molecule has 0 heterocycles. The summed E-state index contributed by atoms with van der Waals surface area (Å²) in [6.45, 7) is 0.387. The normalized spacial score (nSPS) is 24.2. The molecule has 0 aromatic carbocycles. The van der Waals surface area contributed by atoms with E-state index in [1.54, 1.807) is 0 Å². The van der Waals surface area contributed by atoms with Crippen molar-refractivity contribution in [1.82, 2.24) is 0 Å². The number of nitrogens with two attached hydrogens (primary N) is 2. The van der Waals surface area contributed by atoms with E-state index in [1.807, 2.05) is 0 Å². The van der Waals surface area contributed by atoms with E-state index in [-0.39, 0.29) is 24.3 Å². The molecule has 0 bridgehead atoms. The number of hydrogen-bond acceptors (Lipinski definition) is 4. The van der Waals surface area contributed by atoms with Gasteiger partial charge in [0.15, 0.2) is 5.60 Å². The summed E-state index contributed by atoms with van der Waals surface area (Å²) in [7, 11) is 0. The summed E-state index contributed by atoms with van der Waals surface area (Å²) in [6.07, 6.45) is 24.1. The van der Waals surface area contributed by atoms with E-state index in [0.29, 0.717) is 18.4 Å². The van der Waals surface area contributed by atoms with Crippen molar-refractivity contribution in [3.05, 3.63) is 0 Å². The molecule has 0 unspecified atom stereocenters. The predicted octanol–water partition coefficient (Wildman–Crippen LogP) is 6.18. The van der Waals surface area contributed by atoms with Crippen LogP contribution in [0.5, 0.6) is 0 Å². The van der Waals surface area contributed by atoms with Gasteiger partial charge in [0.2, 0.25) is 11.8 Å². The molecular formula is C31H54N2O4. The number of primary amides is 2. The maximum Gasteiger partial charge on any atom is 0.250 e. The van der Waals surface area contributed by atoms with E-state index in [1.165, 1.54) is 51.4 Å². The van der Waals surface area contributed by atoms with Gasteiger partial charge in [-0.3, -0.25) is 9.59 Å². The second-order valence-corrected chi connectivity index (χ2v) is 12.8. The molecule has 0 spiro atoms. The molecule has 0 saturated heterocycles. The first-order valence-electron chi connectivity index (χ1n) is 15.8. The topological polar surface area (TPSA) is 105 Å². The summed E-state index contributed by atoms with van der Waals surface area (Å²) in [4.78, 5) is 25.4. The Hall–Kier alpha value is -1.14. The lowest BCUT2D eigenvalue weighted by atomic mass is 9.61. The molecule has 0 aliphatic heterocycles. The van der Waals surface area contributed by atoms with Gasteiger partial charge in [-0.2, -0.15) is 0 Å². The van der Waals surface area contributed by atoms with Crippen molar-refractivity contribution in [3.63, 3.8) is 0 Å². The molecule has 0 aromatic heterocycles. The molecule has 37 heavy (non-hydrogen) atoms. The summed E-state index contributed by atoms with van der Waals surface area (Å²) < 4.78 is 13.6. The first-order valence-corrected chi connectivity index (χ1v) is 15.8. The Bertz CT molecular complexity index is 681. The average Bonchev–Trinajstić information content (AvgIpc) is 2.94. The van der Waals surface area contributed by atoms with Crippen molar-refractivity contribution in [2.75, 3.05) is 13.2 Å². The van der Waals surface area contributed by atoms with Crippen LogP contribution in [-0.4, -0.2) is 36.2 Å². The molecule has 0 radical (unpaired) electrons. The molecule has 4 aliphatic rings. The number of hydrogen-bond donors (Lipinski definition) is 2. The van der Waals surface area contributed by atoms with E-state index in [9.17, 15) is 9.59 Å². The molecular weight excluding hydrogens is 464 g/mol. The Kier molecular flexibility index (Phi) is 10.7. The van der Waals surface area contributed by atoms with Crippen molar-refractivity contribution in [3.8, 4) is 0 Å². The second kappa shape index (κ2) is 13.8. The average molecular weight is 519 g/mol. The number of rotatable bonds is 12. The van der Waals surface area contributed by atoms with E-state index >= 15 is 0 Å². The largest absolute Gasteiger partial charge is 0.372 e. The molecule has 4 saturated carbocycles. The molecule has 0 atom stereocenters. The fourth-order valence-corrected chi connectivity index (χ4v) is 8.88. The van der Waals surface area contributed by atoms with Crippen LogP contribution in [0.25, 0.3) is 0 Å². The summed E-state index contributed by atoms with van der Waals surface area (Å²) >= 11 is 0. The minimum absolute atomic E-state index is 0.0579. The number of amides is 2. The van der Waals surface area contributed by atoms with Crippen LogP contribution in [0.15, 0.2) is 0 Å². The highest BCUT2D eigenvalue weighted by Gasteiger charge is 2.59. The van der Waals surface area contributed by atoms with Gasteiger partial charge in [0, 0.05) is 6.42 Å². The second-order valence-electron chi connectivity index (χ2n) is 12.8. The highest BCUT2D eigenvalue weighted by Crippen LogP contribution is 2.54. The Labute approximate surface area is 225 Å². The van der Waals surface area contributed by atoms with Crippen LogP contribution in [-0.2, 0) is 19.1 Å². The lowest BCUT2D eigenvalue weighted by Crippen LogP contribution is -2.65. The zero-order valence-corrected chi connectivity index (χ0v) is 23.4. The van der Waals surface area contributed by atoms with Crippen LogP contribution in [0.3, 0.4) is 0 Å². The Morgan fingerprint density at radius 1 is 0.595 bits per heavy atom. The molecule has 0 aromatic rings. The third kappa shape index (κ3) is 6.72. The molecule has 4 N–H and O–H groups in total. The van der Waals surface area contributed by atoms with E-state index in [4.69, 9.17) is 20.9 Å². The van der Waals surface area contributed by atoms with Gasteiger partial charge >= 0.3 is 0 Å². The van der Waals surface area contributed by atoms with Gasteiger partial charge < -0.3 is 20.9 Å². The fourth-order valence-electron chi connectivity index (χ4n) is 8.88. The van der Waals surface area contributed by atoms with Crippen LogP contribution in [0.1, 0.15) is 135 Å². The maximum absolute atomic E-state index is 13.9. The maximum atomic E-state index is 13.9. The lowest BCUT2D eigenvalue weighted by Gasteiger charge is -2.57. The summed E-state index contributed by atoms with van der Waals surface area (Å²) in [6, 6.07) is 0. The molecule has 6 nitrogen and oxygen atoms in total. The molecule has 4 aliphatic carbocycles. The minimum atomic E-state index is -0.889. The first-order chi connectivity index (χ1) is 18.0. The van der Waals surface area contributed by atoms with Crippen LogP contribution in [0.4, 0.5) is 0 Å². The van der Waals surface area contributed by atoms with Crippen LogP contribution >= 0.6 is 0 Å². The van der Waals surface area contributed by atoms with Gasteiger partial charge in [0.1, 0.15) is 6.61 Å². The molecule has 2 amide bonds. The van der Waals surface area contributed by atoms with Crippen LogP contribution < -0.4 is 11.5 Å². The van der Waals surface area contributed by atoms with Crippen molar-refractivity contribution in [2.24, 2.45) is 35.1 Å². The molecule has 212 valence electrons. The van der Waals surface area contributed by atoms with E-state index in [2.05, 4.69) is 0 Å². The highest BCUT2D eigenvalue weighted by atomic mass is 16.5. The van der Waals surface area contributed by atoms with E-state index in [0.717, 1.165) is 83.5 Å². The van der Waals surface area contributed by atoms with Gasteiger partial charge in [0.05, 0.1) is 12.2 Å². The predicted molar refractivity (Wildman–Crippen MR) is 147 cm³/mol. The van der Waals surface area contributed by atoms with Crippen molar-refractivity contribution < 1.29 is 19.1 Å². The van der Waals surface area contributed by atoms with Crippen molar-refractivity contribution >= 4 is 11.8 Å². The van der Waals surface area contributed by atoms with Gasteiger partial charge in [-0.05, 0) is 75.0 Å².